The zero-order valence-corrected chi connectivity index (χ0v) is 13.2. The highest BCUT2D eigenvalue weighted by Gasteiger charge is 2.19. The fourth-order valence-corrected chi connectivity index (χ4v) is 2.79. The van der Waals surface area contributed by atoms with Gasteiger partial charge in [0.2, 0.25) is 0 Å². The first-order valence-electron chi connectivity index (χ1n) is 8.14. The molecule has 1 aromatic heterocycles. The van der Waals surface area contributed by atoms with Crippen molar-refractivity contribution in [1.29, 1.82) is 0 Å². The Hall–Kier alpha value is -0.910. The molecule has 0 radical (unpaired) electrons. The first kappa shape index (κ1) is 16.5. The van der Waals surface area contributed by atoms with E-state index in [2.05, 4.69) is 24.3 Å². The lowest BCUT2D eigenvalue weighted by atomic mass is 9.89. The maximum Gasteiger partial charge on any atom is 0.0897 e. The van der Waals surface area contributed by atoms with Gasteiger partial charge in [-0.1, -0.05) is 6.92 Å². The lowest BCUT2D eigenvalue weighted by Crippen LogP contribution is -2.39. The Bertz CT molecular complexity index is 375. The smallest absolute Gasteiger partial charge is 0.0897 e. The molecule has 1 fully saturated rings. The number of aliphatic hydroxyl groups is 1. The minimum atomic E-state index is -0.440. The van der Waals surface area contributed by atoms with Gasteiger partial charge in [0.05, 0.1) is 25.4 Å². The Kier molecular flexibility index (Phi) is 6.67. The fourth-order valence-electron chi connectivity index (χ4n) is 2.79. The highest BCUT2D eigenvalue weighted by Crippen LogP contribution is 2.25. The van der Waals surface area contributed by atoms with Crippen LogP contribution in [0.1, 0.15) is 39.5 Å². The molecule has 0 amide bonds. The molecule has 1 aromatic rings. The average Bonchev–Trinajstić information content (AvgIpc) is 2.97. The Morgan fingerprint density at radius 3 is 2.81 bits per heavy atom. The summed E-state index contributed by atoms with van der Waals surface area (Å²) in [6, 6.07) is 2.19. The molecule has 0 spiro atoms. The summed E-state index contributed by atoms with van der Waals surface area (Å²) in [4.78, 5) is 0. The first-order valence-corrected chi connectivity index (χ1v) is 8.14. The lowest BCUT2D eigenvalue weighted by molar-refractivity contribution is -0.0284. The minimum Gasteiger partial charge on any atom is -0.389 e. The van der Waals surface area contributed by atoms with Crippen molar-refractivity contribution < 1.29 is 9.84 Å². The van der Waals surface area contributed by atoms with Crippen molar-refractivity contribution in [2.45, 2.75) is 64.3 Å². The standard InChI is InChI=1S/C16H29N3O2/c1-13-4-6-16(7-5-13)21-12-15(20)10-17-14(2)11-19-9-3-8-18-19/h3,8-9,13-17,20H,4-7,10-12H2,1-2H3. The molecule has 0 saturated heterocycles. The SMILES string of the molecule is CC1CCC(OCC(O)CNC(C)Cn2cccn2)CC1. The molecule has 0 aliphatic heterocycles. The van der Waals surface area contributed by atoms with E-state index in [0.29, 0.717) is 19.3 Å². The quantitative estimate of drug-likeness (QED) is 0.768. The summed E-state index contributed by atoms with van der Waals surface area (Å²) >= 11 is 0. The van der Waals surface area contributed by atoms with Gasteiger partial charge in [-0.3, -0.25) is 4.68 Å². The molecule has 2 rings (SSSR count). The third-order valence-corrected chi connectivity index (χ3v) is 4.21. The van der Waals surface area contributed by atoms with E-state index >= 15 is 0 Å². The van der Waals surface area contributed by atoms with Crippen LogP contribution in [-0.4, -0.2) is 46.3 Å². The van der Waals surface area contributed by atoms with Gasteiger partial charge >= 0.3 is 0 Å². The van der Waals surface area contributed by atoms with Crippen LogP contribution < -0.4 is 5.32 Å². The number of nitrogens with one attached hydrogen (secondary N) is 1. The minimum absolute atomic E-state index is 0.273. The third-order valence-electron chi connectivity index (χ3n) is 4.21. The molecule has 1 saturated carbocycles. The van der Waals surface area contributed by atoms with Crippen molar-refractivity contribution in [3.05, 3.63) is 18.5 Å². The molecule has 21 heavy (non-hydrogen) atoms. The monoisotopic (exact) mass is 295 g/mol. The molecule has 1 aliphatic carbocycles. The molecule has 2 unspecified atom stereocenters. The van der Waals surface area contributed by atoms with Gasteiger partial charge in [-0.15, -0.1) is 0 Å². The summed E-state index contributed by atoms with van der Waals surface area (Å²) < 4.78 is 7.72. The van der Waals surface area contributed by atoms with Crippen molar-refractivity contribution in [2.24, 2.45) is 5.92 Å². The van der Waals surface area contributed by atoms with Crippen molar-refractivity contribution in [3.8, 4) is 0 Å². The molecular formula is C16H29N3O2. The molecule has 1 heterocycles. The first-order chi connectivity index (χ1) is 10.1. The van der Waals surface area contributed by atoms with Gasteiger partial charge in [-0.2, -0.15) is 5.10 Å². The Labute approximate surface area is 127 Å². The van der Waals surface area contributed by atoms with Gasteiger partial charge in [-0.25, -0.2) is 0 Å². The molecule has 5 nitrogen and oxygen atoms in total. The maximum atomic E-state index is 10.00. The van der Waals surface area contributed by atoms with Gasteiger partial charge in [0.1, 0.15) is 0 Å². The normalized spacial score (nSPS) is 25.7. The number of aliphatic hydroxyl groups excluding tert-OH is 1. The molecule has 120 valence electrons. The van der Waals surface area contributed by atoms with Crippen LogP contribution >= 0.6 is 0 Å². The van der Waals surface area contributed by atoms with E-state index < -0.39 is 6.10 Å². The number of aromatic nitrogens is 2. The maximum absolute atomic E-state index is 10.00. The second-order valence-electron chi connectivity index (χ2n) is 6.41. The second kappa shape index (κ2) is 8.51. The van der Waals surface area contributed by atoms with E-state index in [0.717, 1.165) is 25.3 Å². The molecule has 0 aromatic carbocycles. The number of ether oxygens (including phenoxy) is 1. The molecule has 5 heteroatoms. The van der Waals surface area contributed by atoms with Gasteiger partial charge < -0.3 is 15.2 Å². The van der Waals surface area contributed by atoms with E-state index in [1.807, 2.05) is 16.9 Å². The van der Waals surface area contributed by atoms with Crippen LogP contribution in [0.3, 0.4) is 0 Å². The fraction of sp³-hybridized carbons (Fsp3) is 0.812. The highest BCUT2D eigenvalue weighted by atomic mass is 16.5. The zero-order valence-electron chi connectivity index (χ0n) is 13.2. The largest absolute Gasteiger partial charge is 0.389 e. The van der Waals surface area contributed by atoms with Crippen LogP contribution in [0.5, 0.6) is 0 Å². The zero-order chi connectivity index (χ0) is 15.1. The van der Waals surface area contributed by atoms with Gasteiger partial charge in [0.25, 0.3) is 0 Å². The van der Waals surface area contributed by atoms with Gasteiger partial charge in [0.15, 0.2) is 0 Å². The van der Waals surface area contributed by atoms with Gasteiger partial charge in [-0.05, 0) is 44.6 Å². The van der Waals surface area contributed by atoms with E-state index in [1.165, 1.54) is 12.8 Å². The topological polar surface area (TPSA) is 59.3 Å². The van der Waals surface area contributed by atoms with Crippen LogP contribution in [0.15, 0.2) is 18.5 Å². The van der Waals surface area contributed by atoms with Crippen LogP contribution in [0.25, 0.3) is 0 Å². The predicted molar refractivity (Wildman–Crippen MR) is 83.1 cm³/mol. The van der Waals surface area contributed by atoms with Crippen molar-refractivity contribution in [2.75, 3.05) is 13.2 Å². The lowest BCUT2D eigenvalue weighted by Gasteiger charge is -2.27. The Morgan fingerprint density at radius 2 is 2.14 bits per heavy atom. The molecule has 1 aliphatic rings. The summed E-state index contributed by atoms with van der Waals surface area (Å²) in [5, 5.41) is 17.5. The highest BCUT2D eigenvalue weighted by molar-refractivity contribution is 4.79. The summed E-state index contributed by atoms with van der Waals surface area (Å²) in [5.74, 6) is 0.833. The summed E-state index contributed by atoms with van der Waals surface area (Å²) in [6.07, 6.45) is 8.40. The van der Waals surface area contributed by atoms with Crippen molar-refractivity contribution in [3.63, 3.8) is 0 Å². The van der Waals surface area contributed by atoms with Crippen LogP contribution in [0, 0.1) is 5.92 Å². The second-order valence-corrected chi connectivity index (χ2v) is 6.41. The molecule has 2 atom stereocenters. The van der Waals surface area contributed by atoms with E-state index in [9.17, 15) is 5.11 Å². The molecule has 2 N–H and O–H groups in total. The molecule has 0 bridgehead atoms. The van der Waals surface area contributed by atoms with Crippen molar-refractivity contribution >= 4 is 0 Å². The third kappa shape index (κ3) is 6.16. The molecular weight excluding hydrogens is 266 g/mol. The van der Waals surface area contributed by atoms with E-state index in [1.54, 1.807) is 6.20 Å². The average molecular weight is 295 g/mol. The Balaban J connectivity index is 1.55. The van der Waals surface area contributed by atoms with Gasteiger partial charge in [0, 0.05) is 25.0 Å². The summed E-state index contributed by atoms with van der Waals surface area (Å²) in [6.45, 7) is 6.20. The van der Waals surface area contributed by atoms with E-state index in [4.69, 9.17) is 4.74 Å². The summed E-state index contributed by atoms with van der Waals surface area (Å²) in [5.41, 5.74) is 0. The van der Waals surface area contributed by atoms with Crippen LogP contribution in [0.2, 0.25) is 0 Å². The van der Waals surface area contributed by atoms with Crippen LogP contribution in [0.4, 0.5) is 0 Å². The number of hydrogen-bond donors (Lipinski definition) is 2. The predicted octanol–water partition coefficient (Wildman–Crippen LogP) is 1.82. The number of nitrogens with zero attached hydrogens (tertiary/aromatic N) is 2. The van der Waals surface area contributed by atoms with Crippen LogP contribution in [-0.2, 0) is 11.3 Å². The number of rotatable bonds is 8. The summed E-state index contributed by atoms with van der Waals surface area (Å²) in [7, 11) is 0. The Morgan fingerprint density at radius 1 is 1.38 bits per heavy atom. The number of hydrogen-bond acceptors (Lipinski definition) is 4. The van der Waals surface area contributed by atoms with Crippen molar-refractivity contribution in [1.82, 2.24) is 15.1 Å². The van der Waals surface area contributed by atoms with E-state index in [-0.39, 0.29) is 6.04 Å².